The quantitative estimate of drug-likeness (QED) is 0.178. The van der Waals surface area contributed by atoms with E-state index >= 15 is 0 Å². The van der Waals surface area contributed by atoms with E-state index in [-0.39, 0.29) is 17.2 Å². The molecule has 0 aliphatic rings. The van der Waals surface area contributed by atoms with Crippen molar-refractivity contribution in [3.05, 3.63) is 68.4 Å². The smallest absolute Gasteiger partial charge is 0.278 e. The second-order valence-corrected chi connectivity index (χ2v) is 10.3. The Morgan fingerprint density at radius 2 is 1.89 bits per heavy atom. The first-order valence-corrected chi connectivity index (χ1v) is 13.4. The largest absolute Gasteiger partial charge is 0.497 e. The molecule has 10 heteroatoms. The van der Waals surface area contributed by atoms with Crippen LogP contribution in [-0.2, 0) is 4.79 Å². The zero-order valence-electron chi connectivity index (χ0n) is 20.0. The maximum Gasteiger partial charge on any atom is 0.278 e. The molecule has 0 spiro atoms. The van der Waals surface area contributed by atoms with Crippen molar-refractivity contribution in [2.75, 3.05) is 26.0 Å². The lowest BCUT2D eigenvalue weighted by Crippen LogP contribution is -2.32. The lowest BCUT2D eigenvalue weighted by molar-refractivity contribution is -0.127. The van der Waals surface area contributed by atoms with Crippen LogP contribution in [-0.4, -0.2) is 50.9 Å². The Hall–Kier alpha value is -2.95. The SMILES string of the molecule is CCN(CC)C(=O)CSc1nc2c(sc(=S)n2-c2cccc(OC)c2)c(=O)n1-c1ccccc1C. The van der Waals surface area contributed by atoms with E-state index in [0.29, 0.717) is 38.3 Å². The van der Waals surface area contributed by atoms with Gasteiger partial charge in [-0.2, -0.15) is 0 Å². The van der Waals surface area contributed by atoms with Crippen molar-refractivity contribution in [3.8, 4) is 17.1 Å². The second-order valence-electron chi connectivity index (χ2n) is 7.73. The lowest BCUT2D eigenvalue weighted by Gasteiger charge is -2.19. The van der Waals surface area contributed by atoms with Gasteiger partial charge in [0.1, 0.15) is 10.4 Å². The summed E-state index contributed by atoms with van der Waals surface area (Å²) in [5, 5.41) is 0.446. The van der Waals surface area contributed by atoms with E-state index in [1.807, 2.05) is 69.3 Å². The van der Waals surface area contributed by atoms with E-state index in [1.54, 1.807) is 21.1 Å². The summed E-state index contributed by atoms with van der Waals surface area (Å²) in [6, 6.07) is 15.1. The molecule has 0 N–H and O–H groups in total. The van der Waals surface area contributed by atoms with Crippen LogP contribution in [0.4, 0.5) is 0 Å². The van der Waals surface area contributed by atoms with Crippen LogP contribution < -0.4 is 10.3 Å². The van der Waals surface area contributed by atoms with E-state index in [2.05, 4.69) is 0 Å². The number of para-hydroxylation sites is 1. The first kappa shape index (κ1) is 25.2. The summed E-state index contributed by atoms with van der Waals surface area (Å²) in [5.41, 5.74) is 2.69. The number of methoxy groups -OCH3 is 1. The fraction of sp³-hybridized carbons (Fsp3) is 0.280. The Kier molecular flexibility index (Phi) is 7.73. The molecule has 0 saturated heterocycles. The zero-order valence-corrected chi connectivity index (χ0v) is 22.4. The van der Waals surface area contributed by atoms with Gasteiger partial charge in [-0.15, -0.1) is 0 Å². The van der Waals surface area contributed by atoms with Crippen molar-refractivity contribution in [2.24, 2.45) is 0 Å². The first-order chi connectivity index (χ1) is 16.9. The topological polar surface area (TPSA) is 69.4 Å². The number of aromatic nitrogens is 3. The predicted molar refractivity (Wildman–Crippen MR) is 145 cm³/mol. The van der Waals surface area contributed by atoms with E-state index in [9.17, 15) is 9.59 Å². The molecule has 4 aromatic rings. The number of nitrogens with zero attached hydrogens (tertiary/aromatic N) is 4. The third-order valence-electron chi connectivity index (χ3n) is 5.69. The van der Waals surface area contributed by atoms with E-state index in [0.717, 1.165) is 16.9 Å². The highest BCUT2D eigenvalue weighted by Gasteiger charge is 2.21. The van der Waals surface area contributed by atoms with Crippen molar-refractivity contribution < 1.29 is 9.53 Å². The summed E-state index contributed by atoms with van der Waals surface area (Å²) in [7, 11) is 1.60. The van der Waals surface area contributed by atoms with Crippen LogP contribution in [0, 0.1) is 10.9 Å². The molecule has 7 nitrogen and oxygen atoms in total. The highest BCUT2D eigenvalue weighted by Crippen LogP contribution is 2.29. The average Bonchev–Trinajstić information content (AvgIpc) is 3.20. The number of benzene rings is 2. The molecule has 0 unspecified atom stereocenters. The van der Waals surface area contributed by atoms with Gasteiger partial charge in [0, 0.05) is 19.2 Å². The molecule has 4 rings (SSSR count). The molecule has 0 bridgehead atoms. The fourth-order valence-electron chi connectivity index (χ4n) is 3.83. The van der Waals surface area contributed by atoms with Crippen molar-refractivity contribution in [2.45, 2.75) is 25.9 Å². The Morgan fingerprint density at radius 3 is 2.57 bits per heavy atom. The number of rotatable bonds is 8. The minimum Gasteiger partial charge on any atom is -0.497 e. The molecule has 35 heavy (non-hydrogen) atoms. The molecule has 2 aromatic heterocycles. The summed E-state index contributed by atoms with van der Waals surface area (Å²) in [6.45, 7) is 7.12. The van der Waals surface area contributed by atoms with Crippen LogP contribution >= 0.6 is 35.3 Å². The Balaban J connectivity index is 1.94. The van der Waals surface area contributed by atoms with Gasteiger partial charge in [0.25, 0.3) is 5.56 Å². The third kappa shape index (κ3) is 4.91. The van der Waals surface area contributed by atoms with Crippen molar-refractivity contribution in [1.29, 1.82) is 0 Å². The summed E-state index contributed by atoms with van der Waals surface area (Å²) in [4.78, 5) is 33.3. The molecule has 0 saturated carbocycles. The van der Waals surface area contributed by atoms with E-state index < -0.39 is 0 Å². The zero-order chi connectivity index (χ0) is 25.1. The van der Waals surface area contributed by atoms with Gasteiger partial charge < -0.3 is 9.64 Å². The summed E-state index contributed by atoms with van der Waals surface area (Å²) >= 11 is 8.15. The van der Waals surface area contributed by atoms with Crippen LogP contribution in [0.2, 0.25) is 0 Å². The van der Waals surface area contributed by atoms with E-state index in [4.69, 9.17) is 21.9 Å². The molecule has 0 aliphatic heterocycles. The van der Waals surface area contributed by atoms with Gasteiger partial charge in [-0.25, -0.2) is 4.98 Å². The lowest BCUT2D eigenvalue weighted by atomic mass is 10.2. The normalized spacial score (nSPS) is 11.1. The summed E-state index contributed by atoms with van der Waals surface area (Å²) < 4.78 is 9.73. The minimum atomic E-state index is -0.208. The summed E-state index contributed by atoms with van der Waals surface area (Å²) in [5.74, 6) is 0.854. The van der Waals surface area contributed by atoms with Gasteiger partial charge in [0.2, 0.25) is 5.91 Å². The number of amides is 1. The number of carbonyl (C=O) groups excluding carboxylic acids is 1. The van der Waals surface area contributed by atoms with Gasteiger partial charge in [0.15, 0.2) is 14.8 Å². The van der Waals surface area contributed by atoms with Crippen molar-refractivity contribution in [3.63, 3.8) is 0 Å². The number of ether oxygens (including phenoxy) is 1. The van der Waals surface area contributed by atoms with Gasteiger partial charge >= 0.3 is 0 Å². The van der Waals surface area contributed by atoms with Crippen LogP contribution in [0.3, 0.4) is 0 Å². The van der Waals surface area contributed by atoms with Crippen molar-refractivity contribution in [1.82, 2.24) is 19.0 Å². The van der Waals surface area contributed by atoms with Crippen LogP contribution in [0.1, 0.15) is 19.4 Å². The Labute approximate surface area is 217 Å². The molecule has 0 fully saturated rings. The molecular formula is C25H26N4O3S3. The van der Waals surface area contributed by atoms with Crippen LogP contribution in [0.15, 0.2) is 58.5 Å². The van der Waals surface area contributed by atoms with Gasteiger partial charge in [0.05, 0.1) is 24.2 Å². The van der Waals surface area contributed by atoms with Crippen LogP contribution in [0.5, 0.6) is 5.75 Å². The monoisotopic (exact) mass is 526 g/mol. The Morgan fingerprint density at radius 1 is 1.14 bits per heavy atom. The second kappa shape index (κ2) is 10.8. The van der Waals surface area contributed by atoms with Gasteiger partial charge in [-0.1, -0.05) is 47.4 Å². The number of hydrogen-bond donors (Lipinski definition) is 0. The molecule has 182 valence electrons. The van der Waals surface area contributed by atoms with Gasteiger partial charge in [-0.05, 0) is 56.8 Å². The highest BCUT2D eigenvalue weighted by molar-refractivity contribution is 7.99. The average molecular weight is 527 g/mol. The molecule has 1 amide bonds. The number of hydrogen-bond acceptors (Lipinski definition) is 7. The molecule has 0 atom stereocenters. The number of thiazole rings is 1. The van der Waals surface area contributed by atoms with Crippen LogP contribution in [0.25, 0.3) is 21.7 Å². The van der Waals surface area contributed by atoms with Gasteiger partial charge in [-0.3, -0.25) is 18.7 Å². The first-order valence-electron chi connectivity index (χ1n) is 11.2. The number of thioether (sulfide) groups is 1. The molecule has 0 aliphatic carbocycles. The molecular weight excluding hydrogens is 501 g/mol. The Bertz CT molecular complexity index is 1500. The number of fused-ring (bicyclic) bond motifs is 1. The molecule has 2 heterocycles. The maximum atomic E-state index is 13.9. The van der Waals surface area contributed by atoms with E-state index in [1.165, 1.54) is 23.1 Å². The minimum absolute atomic E-state index is 0.000582. The fourth-order valence-corrected chi connectivity index (χ4v) is 6.03. The maximum absolute atomic E-state index is 13.9. The van der Waals surface area contributed by atoms with Crippen molar-refractivity contribution >= 4 is 51.6 Å². The molecule has 0 radical (unpaired) electrons. The summed E-state index contributed by atoms with van der Waals surface area (Å²) in [6.07, 6.45) is 0. The third-order valence-corrected chi connectivity index (χ3v) is 7.96. The predicted octanol–water partition coefficient (Wildman–Crippen LogP) is 5.24. The number of carbonyl (C=O) groups is 1. The standard InChI is InChI=1S/C25H26N4O3S3/c1-5-27(6-2)20(30)15-34-24-26-22-21(23(31)29(24)19-13-8-7-10-16(19)3)35-25(33)28(22)17-11-9-12-18(14-17)32-4/h7-14H,5-6,15H2,1-4H3. The highest BCUT2D eigenvalue weighted by atomic mass is 32.2. The molecule has 2 aromatic carbocycles. The number of aryl methyl sites for hydroxylation is 1.